The molecule has 1 amide bonds. The largest absolute Gasteiger partial charge is 0.397 e. The van der Waals surface area contributed by atoms with Crippen LogP contribution in [0.4, 0.5) is 5.69 Å². The highest BCUT2D eigenvalue weighted by Gasteiger charge is 2.13. The van der Waals surface area contributed by atoms with Crippen molar-refractivity contribution >= 4 is 11.6 Å². The van der Waals surface area contributed by atoms with Gasteiger partial charge in [-0.1, -0.05) is 19.8 Å². The van der Waals surface area contributed by atoms with Gasteiger partial charge in [-0.3, -0.25) is 4.79 Å². The van der Waals surface area contributed by atoms with E-state index < -0.39 is 0 Å². The van der Waals surface area contributed by atoms with Crippen LogP contribution in [0.15, 0.2) is 12.3 Å². The molecule has 118 valence electrons. The van der Waals surface area contributed by atoms with E-state index in [0.717, 1.165) is 32.6 Å². The van der Waals surface area contributed by atoms with Crippen LogP contribution in [0.25, 0.3) is 0 Å². The first-order valence-electron chi connectivity index (χ1n) is 8.17. The maximum absolute atomic E-state index is 12.3. The lowest BCUT2D eigenvalue weighted by molar-refractivity contribution is 0.0939. The van der Waals surface area contributed by atoms with E-state index in [-0.39, 0.29) is 5.91 Å². The van der Waals surface area contributed by atoms with E-state index in [2.05, 4.69) is 17.1 Å². The summed E-state index contributed by atoms with van der Waals surface area (Å²) in [6.45, 7) is 6.89. The van der Waals surface area contributed by atoms with Gasteiger partial charge in [0.1, 0.15) is 5.69 Å². The molecule has 0 radical (unpaired) electrons. The molecule has 5 nitrogen and oxygen atoms in total. The van der Waals surface area contributed by atoms with Gasteiger partial charge in [-0.15, -0.1) is 0 Å². The zero-order chi connectivity index (χ0) is 15.1. The smallest absolute Gasteiger partial charge is 0.268 e. The lowest BCUT2D eigenvalue weighted by Gasteiger charge is -2.19. The van der Waals surface area contributed by atoms with Gasteiger partial charge in [0.05, 0.1) is 5.69 Å². The number of nitrogens with zero attached hydrogens (tertiary/aromatic N) is 2. The molecule has 0 unspecified atom stereocenters. The highest BCUT2D eigenvalue weighted by molar-refractivity contribution is 5.93. The van der Waals surface area contributed by atoms with Crippen molar-refractivity contribution in [3.63, 3.8) is 0 Å². The van der Waals surface area contributed by atoms with E-state index in [1.807, 2.05) is 10.8 Å². The molecule has 2 rings (SSSR count). The lowest BCUT2D eigenvalue weighted by atomic mass is 10.2. The standard InChI is InChI=1S/C16H28N4O/c1-2-8-20-13-14(17)12-15(20)16(21)18-7-11-19-9-5-3-4-6-10-19/h12-13H,2-11,17H2,1H3,(H,18,21). The number of hydrogen-bond acceptors (Lipinski definition) is 3. The number of nitrogen functional groups attached to an aromatic ring is 1. The Bertz CT molecular complexity index is 447. The van der Waals surface area contributed by atoms with Gasteiger partial charge in [0.15, 0.2) is 0 Å². The number of amides is 1. The second kappa shape index (κ2) is 8.08. The van der Waals surface area contributed by atoms with Crippen molar-refractivity contribution < 1.29 is 4.79 Å². The van der Waals surface area contributed by atoms with Crippen molar-refractivity contribution in [1.29, 1.82) is 0 Å². The Labute approximate surface area is 127 Å². The number of aryl methyl sites for hydroxylation is 1. The van der Waals surface area contributed by atoms with Crippen LogP contribution in [-0.4, -0.2) is 41.6 Å². The fraction of sp³-hybridized carbons (Fsp3) is 0.688. The molecule has 0 atom stereocenters. The minimum Gasteiger partial charge on any atom is -0.397 e. The maximum atomic E-state index is 12.3. The molecule has 21 heavy (non-hydrogen) atoms. The quantitative estimate of drug-likeness (QED) is 0.844. The molecule has 1 fully saturated rings. The van der Waals surface area contributed by atoms with E-state index in [9.17, 15) is 4.79 Å². The van der Waals surface area contributed by atoms with Gasteiger partial charge in [-0.05, 0) is 38.4 Å². The Morgan fingerprint density at radius 1 is 1.24 bits per heavy atom. The van der Waals surface area contributed by atoms with Gasteiger partial charge in [0.2, 0.25) is 0 Å². The molecule has 0 aromatic carbocycles. The van der Waals surface area contributed by atoms with E-state index in [1.54, 1.807) is 6.07 Å². The third-order valence-corrected chi connectivity index (χ3v) is 4.03. The van der Waals surface area contributed by atoms with Crippen molar-refractivity contribution in [2.24, 2.45) is 0 Å². The number of hydrogen-bond donors (Lipinski definition) is 2. The van der Waals surface area contributed by atoms with Gasteiger partial charge in [0.25, 0.3) is 5.91 Å². The molecule has 0 saturated carbocycles. The minimum absolute atomic E-state index is 0.0185. The number of likely N-dealkylation sites (tertiary alicyclic amines) is 1. The number of aromatic nitrogens is 1. The molecule has 1 aliphatic rings. The Morgan fingerprint density at radius 3 is 2.62 bits per heavy atom. The SMILES string of the molecule is CCCn1cc(N)cc1C(=O)NCCN1CCCCCC1. The summed E-state index contributed by atoms with van der Waals surface area (Å²) >= 11 is 0. The number of carbonyl (C=O) groups excluding carboxylic acids is 1. The Kier molecular flexibility index (Phi) is 6.11. The molecule has 0 aliphatic carbocycles. The van der Waals surface area contributed by atoms with Gasteiger partial charge in [-0.2, -0.15) is 0 Å². The van der Waals surface area contributed by atoms with Crippen molar-refractivity contribution in [3.8, 4) is 0 Å². The summed E-state index contributed by atoms with van der Waals surface area (Å²) in [5, 5.41) is 3.02. The molecule has 5 heteroatoms. The third kappa shape index (κ3) is 4.77. The van der Waals surface area contributed by atoms with Crippen molar-refractivity contribution in [2.45, 2.75) is 45.6 Å². The molecular formula is C16H28N4O. The second-order valence-corrected chi connectivity index (χ2v) is 5.86. The fourth-order valence-corrected chi connectivity index (χ4v) is 2.93. The normalized spacial score (nSPS) is 16.6. The zero-order valence-corrected chi connectivity index (χ0v) is 13.1. The Hall–Kier alpha value is -1.49. The van der Waals surface area contributed by atoms with Crippen molar-refractivity contribution in [2.75, 3.05) is 31.9 Å². The van der Waals surface area contributed by atoms with Gasteiger partial charge < -0.3 is 20.5 Å². The topological polar surface area (TPSA) is 63.3 Å². The first-order chi connectivity index (χ1) is 10.2. The average molecular weight is 292 g/mol. The molecule has 1 aromatic heterocycles. The van der Waals surface area contributed by atoms with E-state index >= 15 is 0 Å². The van der Waals surface area contributed by atoms with Crippen molar-refractivity contribution in [1.82, 2.24) is 14.8 Å². The summed E-state index contributed by atoms with van der Waals surface area (Å²) < 4.78 is 1.94. The number of nitrogens with two attached hydrogens (primary N) is 1. The molecule has 1 aromatic rings. The summed E-state index contributed by atoms with van der Waals surface area (Å²) in [6, 6.07) is 1.76. The molecule has 1 aliphatic heterocycles. The molecular weight excluding hydrogens is 264 g/mol. The minimum atomic E-state index is -0.0185. The highest BCUT2D eigenvalue weighted by atomic mass is 16.1. The van der Waals surface area contributed by atoms with Crippen LogP contribution in [0.5, 0.6) is 0 Å². The summed E-state index contributed by atoms with van der Waals surface area (Å²) in [5.41, 5.74) is 7.13. The summed E-state index contributed by atoms with van der Waals surface area (Å²) in [4.78, 5) is 14.7. The van der Waals surface area contributed by atoms with E-state index in [4.69, 9.17) is 5.73 Å². The van der Waals surface area contributed by atoms with Gasteiger partial charge in [-0.25, -0.2) is 0 Å². The van der Waals surface area contributed by atoms with Crippen LogP contribution in [0, 0.1) is 0 Å². The average Bonchev–Trinajstić information content (AvgIpc) is 2.67. The van der Waals surface area contributed by atoms with Crippen LogP contribution in [0.1, 0.15) is 49.5 Å². The van der Waals surface area contributed by atoms with Crippen LogP contribution in [-0.2, 0) is 6.54 Å². The monoisotopic (exact) mass is 292 g/mol. The number of carbonyl (C=O) groups is 1. The van der Waals surface area contributed by atoms with Crippen LogP contribution >= 0.6 is 0 Å². The van der Waals surface area contributed by atoms with Crippen molar-refractivity contribution in [3.05, 3.63) is 18.0 Å². The summed E-state index contributed by atoms with van der Waals surface area (Å²) in [7, 11) is 0. The molecule has 0 spiro atoms. The molecule has 1 saturated heterocycles. The number of nitrogens with one attached hydrogen (secondary N) is 1. The number of anilines is 1. The van der Waals surface area contributed by atoms with Gasteiger partial charge in [0, 0.05) is 25.8 Å². The molecule has 2 heterocycles. The van der Waals surface area contributed by atoms with Crippen LogP contribution in [0.2, 0.25) is 0 Å². The van der Waals surface area contributed by atoms with E-state index in [1.165, 1.54) is 25.7 Å². The number of rotatable bonds is 6. The predicted molar refractivity (Wildman–Crippen MR) is 86.4 cm³/mol. The Balaban J connectivity index is 1.81. The lowest BCUT2D eigenvalue weighted by Crippen LogP contribution is -2.36. The Morgan fingerprint density at radius 2 is 1.95 bits per heavy atom. The third-order valence-electron chi connectivity index (χ3n) is 4.03. The van der Waals surface area contributed by atoms with Gasteiger partial charge >= 0.3 is 0 Å². The molecule has 0 bridgehead atoms. The molecule has 3 N–H and O–H groups in total. The van der Waals surface area contributed by atoms with Crippen LogP contribution < -0.4 is 11.1 Å². The summed E-state index contributed by atoms with van der Waals surface area (Å²) in [6.07, 6.45) is 8.07. The fourth-order valence-electron chi connectivity index (χ4n) is 2.93. The zero-order valence-electron chi connectivity index (χ0n) is 13.1. The summed E-state index contributed by atoms with van der Waals surface area (Å²) in [5.74, 6) is -0.0185. The maximum Gasteiger partial charge on any atom is 0.268 e. The van der Waals surface area contributed by atoms with Crippen LogP contribution in [0.3, 0.4) is 0 Å². The predicted octanol–water partition coefficient (Wildman–Crippen LogP) is 2.09. The highest BCUT2D eigenvalue weighted by Crippen LogP contribution is 2.11. The van der Waals surface area contributed by atoms with E-state index in [0.29, 0.717) is 17.9 Å². The first kappa shape index (κ1) is 15.9. The first-order valence-corrected chi connectivity index (χ1v) is 8.17. The second-order valence-electron chi connectivity index (χ2n) is 5.86.